The highest BCUT2D eigenvalue weighted by molar-refractivity contribution is 5.96. The average Bonchev–Trinajstić information content (AvgIpc) is 2.88. The van der Waals surface area contributed by atoms with Crippen LogP contribution in [0.25, 0.3) is 0 Å². The maximum Gasteiger partial charge on any atom is 0.276 e. The number of amides is 1. The van der Waals surface area contributed by atoms with E-state index in [1.807, 2.05) is 6.92 Å². The molecule has 1 aromatic heterocycles. The van der Waals surface area contributed by atoms with Gasteiger partial charge in [0.05, 0.1) is 6.10 Å². The minimum atomic E-state index is -0.182. The molecule has 6 nitrogen and oxygen atoms in total. The van der Waals surface area contributed by atoms with Crippen molar-refractivity contribution in [1.29, 1.82) is 0 Å². The molecule has 1 atom stereocenters. The predicted octanol–water partition coefficient (Wildman–Crippen LogP) is 0.700. The minimum Gasteiger partial charge on any atom is -0.382 e. The van der Waals surface area contributed by atoms with E-state index in [0.29, 0.717) is 13.1 Å². The van der Waals surface area contributed by atoms with Crippen molar-refractivity contribution in [3.05, 3.63) is 18.1 Å². The quantitative estimate of drug-likeness (QED) is 0.850. The largest absolute Gasteiger partial charge is 0.382 e. The fraction of sp³-hybridized carbons (Fsp3) is 0.583. The van der Waals surface area contributed by atoms with Gasteiger partial charge >= 0.3 is 0 Å². The van der Waals surface area contributed by atoms with E-state index in [1.54, 1.807) is 4.90 Å². The SMILES string of the molecule is CCN(CC1CCCO1)C(=O)c1nccnc1N. The molecule has 98 valence electrons. The number of anilines is 1. The first-order valence-corrected chi connectivity index (χ1v) is 6.19. The topological polar surface area (TPSA) is 81.3 Å². The Bertz CT molecular complexity index is 418. The number of carbonyl (C=O) groups is 1. The number of nitrogens with two attached hydrogens (primary N) is 1. The number of aromatic nitrogens is 2. The van der Waals surface area contributed by atoms with Crippen molar-refractivity contribution in [3.63, 3.8) is 0 Å². The molecule has 2 heterocycles. The zero-order valence-corrected chi connectivity index (χ0v) is 10.5. The molecule has 1 aliphatic rings. The summed E-state index contributed by atoms with van der Waals surface area (Å²) in [6, 6.07) is 0. The lowest BCUT2D eigenvalue weighted by molar-refractivity contribution is 0.0535. The van der Waals surface area contributed by atoms with Gasteiger partial charge in [0.15, 0.2) is 11.5 Å². The number of hydrogen-bond donors (Lipinski definition) is 1. The average molecular weight is 250 g/mol. The first-order valence-electron chi connectivity index (χ1n) is 6.19. The zero-order valence-electron chi connectivity index (χ0n) is 10.5. The maximum atomic E-state index is 12.3. The van der Waals surface area contributed by atoms with Crippen LogP contribution in [0.4, 0.5) is 5.82 Å². The fourth-order valence-corrected chi connectivity index (χ4v) is 2.05. The van der Waals surface area contributed by atoms with E-state index in [1.165, 1.54) is 12.4 Å². The van der Waals surface area contributed by atoms with Crippen LogP contribution in [0, 0.1) is 0 Å². The lowest BCUT2D eigenvalue weighted by Gasteiger charge is -2.23. The Morgan fingerprint density at radius 2 is 2.33 bits per heavy atom. The van der Waals surface area contributed by atoms with Crippen molar-refractivity contribution >= 4 is 11.7 Å². The predicted molar refractivity (Wildman–Crippen MR) is 67.0 cm³/mol. The molecule has 2 rings (SSSR count). The van der Waals surface area contributed by atoms with Gasteiger partial charge in [-0.25, -0.2) is 9.97 Å². The van der Waals surface area contributed by atoms with Crippen LogP contribution in [0.5, 0.6) is 0 Å². The van der Waals surface area contributed by atoms with Crippen LogP contribution in [0.1, 0.15) is 30.3 Å². The summed E-state index contributed by atoms with van der Waals surface area (Å²) in [6.45, 7) is 3.91. The Morgan fingerprint density at radius 3 is 2.94 bits per heavy atom. The lowest BCUT2D eigenvalue weighted by atomic mass is 10.2. The van der Waals surface area contributed by atoms with Gasteiger partial charge in [-0.3, -0.25) is 4.79 Å². The first kappa shape index (κ1) is 12.8. The third-order valence-corrected chi connectivity index (χ3v) is 3.05. The molecular formula is C12H18N4O2. The van der Waals surface area contributed by atoms with E-state index in [2.05, 4.69) is 9.97 Å². The Morgan fingerprint density at radius 1 is 1.56 bits per heavy atom. The number of carbonyl (C=O) groups excluding carboxylic acids is 1. The molecule has 0 spiro atoms. The second-order valence-corrected chi connectivity index (χ2v) is 4.27. The molecule has 1 unspecified atom stereocenters. The summed E-state index contributed by atoms with van der Waals surface area (Å²) >= 11 is 0. The van der Waals surface area contributed by atoms with E-state index < -0.39 is 0 Å². The summed E-state index contributed by atoms with van der Waals surface area (Å²) in [6.07, 6.45) is 5.14. The van der Waals surface area contributed by atoms with Crippen LogP contribution in [-0.4, -0.2) is 46.6 Å². The van der Waals surface area contributed by atoms with E-state index in [4.69, 9.17) is 10.5 Å². The highest BCUT2D eigenvalue weighted by Gasteiger charge is 2.24. The van der Waals surface area contributed by atoms with Crippen LogP contribution in [0.2, 0.25) is 0 Å². The summed E-state index contributed by atoms with van der Waals surface area (Å²) in [5.41, 5.74) is 5.89. The minimum absolute atomic E-state index is 0.131. The van der Waals surface area contributed by atoms with Gasteiger partial charge in [-0.2, -0.15) is 0 Å². The first-order chi connectivity index (χ1) is 8.72. The second-order valence-electron chi connectivity index (χ2n) is 4.27. The molecule has 1 aromatic rings. The lowest BCUT2D eigenvalue weighted by Crippen LogP contribution is -2.38. The molecule has 1 aliphatic heterocycles. The fourth-order valence-electron chi connectivity index (χ4n) is 2.05. The molecule has 1 fully saturated rings. The Hall–Kier alpha value is -1.69. The van der Waals surface area contributed by atoms with Crippen molar-refractivity contribution in [3.8, 4) is 0 Å². The maximum absolute atomic E-state index is 12.3. The van der Waals surface area contributed by atoms with Crippen LogP contribution in [-0.2, 0) is 4.74 Å². The van der Waals surface area contributed by atoms with Crippen LogP contribution < -0.4 is 5.73 Å². The Labute approximate surface area is 106 Å². The van der Waals surface area contributed by atoms with Crippen molar-refractivity contribution in [1.82, 2.24) is 14.9 Å². The molecule has 1 amide bonds. The molecule has 6 heteroatoms. The number of nitrogens with zero attached hydrogens (tertiary/aromatic N) is 3. The van der Waals surface area contributed by atoms with Gasteiger partial charge in [0.2, 0.25) is 0 Å². The van der Waals surface area contributed by atoms with Crippen LogP contribution in [0.3, 0.4) is 0 Å². The van der Waals surface area contributed by atoms with Crippen molar-refractivity contribution in [2.75, 3.05) is 25.4 Å². The summed E-state index contributed by atoms with van der Waals surface area (Å²) in [5, 5.41) is 0. The van der Waals surface area contributed by atoms with Gasteiger partial charge in [0.1, 0.15) is 0 Å². The van der Waals surface area contributed by atoms with Gasteiger partial charge in [-0.15, -0.1) is 0 Å². The normalized spacial score (nSPS) is 18.8. The molecular weight excluding hydrogens is 232 g/mol. The van der Waals surface area contributed by atoms with Crippen molar-refractivity contribution in [2.24, 2.45) is 0 Å². The molecule has 0 radical (unpaired) electrons. The molecule has 1 saturated heterocycles. The number of rotatable bonds is 4. The third kappa shape index (κ3) is 2.76. The number of hydrogen-bond acceptors (Lipinski definition) is 5. The molecule has 0 saturated carbocycles. The van der Waals surface area contributed by atoms with Crippen molar-refractivity contribution in [2.45, 2.75) is 25.9 Å². The third-order valence-electron chi connectivity index (χ3n) is 3.05. The van der Waals surface area contributed by atoms with E-state index in [-0.39, 0.29) is 23.5 Å². The molecule has 18 heavy (non-hydrogen) atoms. The number of nitrogen functional groups attached to an aromatic ring is 1. The Balaban J connectivity index is 2.07. The van der Waals surface area contributed by atoms with E-state index in [9.17, 15) is 4.79 Å². The van der Waals surface area contributed by atoms with Crippen molar-refractivity contribution < 1.29 is 9.53 Å². The van der Waals surface area contributed by atoms with Gasteiger partial charge in [0, 0.05) is 32.1 Å². The molecule has 0 aromatic carbocycles. The Kier molecular flexibility index (Phi) is 4.09. The smallest absolute Gasteiger partial charge is 0.276 e. The molecule has 2 N–H and O–H groups in total. The van der Waals surface area contributed by atoms with Gasteiger partial charge < -0.3 is 15.4 Å². The van der Waals surface area contributed by atoms with Gasteiger partial charge in [0.25, 0.3) is 5.91 Å². The second kappa shape index (κ2) is 5.77. The summed E-state index contributed by atoms with van der Waals surface area (Å²) < 4.78 is 5.54. The van der Waals surface area contributed by atoms with Gasteiger partial charge in [-0.1, -0.05) is 0 Å². The monoisotopic (exact) mass is 250 g/mol. The number of likely N-dealkylation sites (N-methyl/N-ethyl adjacent to an activating group) is 1. The molecule has 0 bridgehead atoms. The summed E-state index contributed by atoms with van der Waals surface area (Å²) in [7, 11) is 0. The van der Waals surface area contributed by atoms with Crippen LogP contribution >= 0.6 is 0 Å². The highest BCUT2D eigenvalue weighted by Crippen LogP contribution is 2.15. The van der Waals surface area contributed by atoms with Gasteiger partial charge in [-0.05, 0) is 19.8 Å². The van der Waals surface area contributed by atoms with Crippen LogP contribution in [0.15, 0.2) is 12.4 Å². The summed E-state index contributed by atoms with van der Waals surface area (Å²) in [5.74, 6) is -0.00751. The summed E-state index contributed by atoms with van der Waals surface area (Å²) in [4.78, 5) is 21.9. The number of ether oxygens (including phenoxy) is 1. The van der Waals surface area contributed by atoms with E-state index in [0.717, 1.165) is 19.4 Å². The standard InChI is InChI=1S/C12H18N4O2/c1-2-16(8-9-4-3-7-18-9)12(17)10-11(13)15-6-5-14-10/h5-6,9H,2-4,7-8H2,1H3,(H2,13,15). The zero-order chi connectivity index (χ0) is 13.0. The van der Waals surface area contributed by atoms with E-state index >= 15 is 0 Å². The highest BCUT2D eigenvalue weighted by atomic mass is 16.5. The molecule has 0 aliphatic carbocycles.